The number of non-ortho nitro benzene ring substituents is 1. The van der Waals surface area contributed by atoms with Crippen LogP contribution in [0.5, 0.6) is 5.75 Å². The van der Waals surface area contributed by atoms with Gasteiger partial charge in [0.2, 0.25) is 0 Å². The predicted molar refractivity (Wildman–Crippen MR) is 123 cm³/mol. The van der Waals surface area contributed by atoms with Gasteiger partial charge in [0, 0.05) is 40.7 Å². The van der Waals surface area contributed by atoms with E-state index in [0.717, 1.165) is 41.4 Å². The van der Waals surface area contributed by atoms with Gasteiger partial charge in [-0.25, -0.2) is 0 Å². The highest BCUT2D eigenvalue weighted by Gasteiger charge is 2.16. The molecule has 164 valence electrons. The first-order chi connectivity index (χ1) is 15.0. The number of aliphatic hydroxyl groups excluding tert-OH is 1. The van der Waals surface area contributed by atoms with Crippen LogP contribution in [0.1, 0.15) is 45.1 Å². The number of benzene rings is 2. The van der Waals surface area contributed by atoms with Crippen LogP contribution in [0.4, 0.5) is 5.69 Å². The molecule has 31 heavy (non-hydrogen) atoms. The summed E-state index contributed by atoms with van der Waals surface area (Å²) in [5.41, 5.74) is 3.12. The summed E-state index contributed by atoms with van der Waals surface area (Å²) in [6.07, 6.45) is 5.79. The fourth-order valence-electron chi connectivity index (χ4n) is 3.83. The normalized spacial score (nSPS) is 11.2. The van der Waals surface area contributed by atoms with E-state index in [4.69, 9.17) is 15.3 Å². The Kier molecular flexibility index (Phi) is 7.41. The number of aromatic nitrogens is 1. The zero-order valence-electron chi connectivity index (χ0n) is 18.0. The number of fused-ring (bicyclic) bond motifs is 1. The first-order valence-corrected chi connectivity index (χ1v) is 10.7. The molecule has 0 unspecified atom stereocenters. The number of rotatable bonds is 11. The summed E-state index contributed by atoms with van der Waals surface area (Å²) in [6, 6.07) is 12.0. The smallest absolute Gasteiger partial charge is 0.269 e. The van der Waals surface area contributed by atoms with Crippen LogP contribution in [-0.4, -0.2) is 33.5 Å². The van der Waals surface area contributed by atoms with Gasteiger partial charge in [-0.2, -0.15) is 0 Å². The molecule has 3 rings (SSSR count). The topological polar surface area (TPSA) is 101 Å². The molecule has 1 heterocycles. The Hall–Kier alpha value is -3.19. The van der Waals surface area contributed by atoms with Crippen molar-refractivity contribution < 1.29 is 14.8 Å². The summed E-state index contributed by atoms with van der Waals surface area (Å²) in [5, 5.41) is 29.7. The van der Waals surface area contributed by atoms with E-state index in [1.807, 2.05) is 29.0 Å². The fraction of sp³-hybridized carbons (Fsp3) is 0.375. The van der Waals surface area contributed by atoms with Gasteiger partial charge >= 0.3 is 0 Å². The molecule has 2 N–H and O–H groups in total. The maximum Gasteiger partial charge on any atom is 0.269 e. The molecule has 0 aliphatic rings. The van der Waals surface area contributed by atoms with Crippen molar-refractivity contribution >= 4 is 22.3 Å². The molecule has 0 radical (unpaired) electrons. The van der Waals surface area contributed by atoms with Crippen molar-refractivity contribution in [2.45, 2.75) is 39.5 Å². The number of ether oxygens (including phenoxy) is 1. The van der Waals surface area contributed by atoms with Crippen LogP contribution in [-0.2, 0) is 0 Å². The van der Waals surface area contributed by atoms with Crippen LogP contribution in [0.3, 0.4) is 0 Å². The van der Waals surface area contributed by atoms with Crippen LogP contribution < -0.4 is 4.74 Å². The zero-order valence-corrected chi connectivity index (χ0v) is 18.0. The van der Waals surface area contributed by atoms with Crippen molar-refractivity contribution in [3.8, 4) is 11.4 Å². The van der Waals surface area contributed by atoms with Crippen LogP contribution >= 0.6 is 0 Å². The highest BCUT2D eigenvalue weighted by molar-refractivity contribution is 6.10. The summed E-state index contributed by atoms with van der Waals surface area (Å²) >= 11 is 0. The van der Waals surface area contributed by atoms with Gasteiger partial charge in [0.05, 0.1) is 17.0 Å². The van der Waals surface area contributed by atoms with Crippen molar-refractivity contribution in [2.24, 2.45) is 5.92 Å². The molecule has 3 aromatic rings. The number of aliphatic hydroxyl groups is 1. The van der Waals surface area contributed by atoms with Crippen molar-refractivity contribution in [3.63, 3.8) is 0 Å². The van der Waals surface area contributed by atoms with Crippen molar-refractivity contribution in [3.05, 3.63) is 64.3 Å². The fourth-order valence-corrected chi connectivity index (χ4v) is 3.83. The molecule has 0 atom stereocenters. The van der Waals surface area contributed by atoms with Crippen molar-refractivity contribution in [1.29, 1.82) is 5.41 Å². The molecule has 1 aromatic heterocycles. The molecule has 0 saturated carbocycles. The highest BCUT2D eigenvalue weighted by atomic mass is 16.6. The van der Waals surface area contributed by atoms with Crippen molar-refractivity contribution in [2.75, 3.05) is 13.2 Å². The third-order valence-corrected chi connectivity index (χ3v) is 5.76. The molecule has 2 aromatic carbocycles. The van der Waals surface area contributed by atoms with Gasteiger partial charge in [-0.1, -0.05) is 26.7 Å². The second-order valence-corrected chi connectivity index (χ2v) is 7.64. The lowest BCUT2D eigenvalue weighted by Crippen LogP contribution is -2.04. The van der Waals surface area contributed by atoms with Gasteiger partial charge in [0.1, 0.15) is 12.4 Å². The van der Waals surface area contributed by atoms with E-state index in [1.54, 1.807) is 12.1 Å². The molecule has 0 fully saturated rings. The molecule has 7 heteroatoms. The third kappa shape index (κ3) is 5.11. The summed E-state index contributed by atoms with van der Waals surface area (Å²) < 4.78 is 7.54. The van der Waals surface area contributed by atoms with E-state index in [1.165, 1.54) is 12.1 Å². The molecule has 0 bridgehead atoms. The second kappa shape index (κ2) is 10.2. The Balaban J connectivity index is 2.02. The summed E-state index contributed by atoms with van der Waals surface area (Å²) in [5.74, 6) is 1.24. The molecule has 0 spiro atoms. The van der Waals surface area contributed by atoms with E-state index in [0.29, 0.717) is 23.8 Å². The van der Waals surface area contributed by atoms with Gasteiger partial charge in [-0.15, -0.1) is 0 Å². The lowest BCUT2D eigenvalue weighted by molar-refractivity contribution is -0.384. The molecular formula is C24H29N3O4. The van der Waals surface area contributed by atoms with Crippen LogP contribution in [0.15, 0.2) is 48.7 Å². The molecule has 0 amide bonds. The van der Waals surface area contributed by atoms with E-state index in [-0.39, 0.29) is 18.9 Å². The number of hydrogen-bond acceptors (Lipinski definition) is 5. The summed E-state index contributed by atoms with van der Waals surface area (Å²) in [4.78, 5) is 10.6. The SMILES string of the molecule is CCC(CC)CCC(=N)c1cn(-c2ccc([N+](=O)[O-])cc2)c2ccc(OCCO)cc12. The minimum absolute atomic E-state index is 0.0399. The lowest BCUT2D eigenvalue weighted by atomic mass is 9.94. The van der Waals surface area contributed by atoms with Crippen LogP contribution in [0.25, 0.3) is 16.6 Å². The first kappa shape index (κ1) is 22.5. The van der Waals surface area contributed by atoms with E-state index < -0.39 is 4.92 Å². The van der Waals surface area contributed by atoms with E-state index in [9.17, 15) is 10.1 Å². The number of hydrogen-bond donors (Lipinski definition) is 2. The first-order valence-electron chi connectivity index (χ1n) is 10.7. The van der Waals surface area contributed by atoms with Gasteiger partial charge in [0.15, 0.2) is 0 Å². The minimum Gasteiger partial charge on any atom is -0.491 e. The largest absolute Gasteiger partial charge is 0.491 e. The number of nitrogens with zero attached hydrogens (tertiary/aromatic N) is 2. The van der Waals surface area contributed by atoms with Gasteiger partial charge in [-0.05, 0) is 49.1 Å². The Morgan fingerprint density at radius 2 is 1.90 bits per heavy atom. The average molecular weight is 424 g/mol. The Labute approximate surface area is 181 Å². The summed E-state index contributed by atoms with van der Waals surface area (Å²) in [7, 11) is 0. The molecule has 0 aliphatic carbocycles. The van der Waals surface area contributed by atoms with E-state index >= 15 is 0 Å². The maximum absolute atomic E-state index is 11.0. The predicted octanol–water partition coefficient (Wildman–Crippen LogP) is 5.49. The molecule has 7 nitrogen and oxygen atoms in total. The minimum atomic E-state index is -0.415. The van der Waals surface area contributed by atoms with E-state index in [2.05, 4.69) is 13.8 Å². The maximum atomic E-state index is 11.0. The second-order valence-electron chi connectivity index (χ2n) is 7.64. The van der Waals surface area contributed by atoms with Crippen molar-refractivity contribution in [1.82, 2.24) is 4.57 Å². The Morgan fingerprint density at radius 3 is 2.52 bits per heavy atom. The molecule has 0 aliphatic heterocycles. The monoisotopic (exact) mass is 423 g/mol. The number of nitro benzene ring substituents is 1. The third-order valence-electron chi connectivity index (χ3n) is 5.76. The van der Waals surface area contributed by atoms with Crippen LogP contribution in [0.2, 0.25) is 0 Å². The zero-order chi connectivity index (χ0) is 22.4. The Bertz CT molecular complexity index is 1050. The van der Waals surface area contributed by atoms with Gasteiger partial charge in [-0.3, -0.25) is 10.1 Å². The van der Waals surface area contributed by atoms with Gasteiger partial charge in [0.25, 0.3) is 5.69 Å². The molecule has 0 saturated heterocycles. The average Bonchev–Trinajstić information content (AvgIpc) is 3.17. The Morgan fingerprint density at radius 1 is 1.19 bits per heavy atom. The lowest BCUT2D eigenvalue weighted by Gasteiger charge is -2.12. The van der Waals surface area contributed by atoms with Crippen LogP contribution in [0, 0.1) is 21.4 Å². The molecular weight excluding hydrogens is 394 g/mol. The van der Waals surface area contributed by atoms with Gasteiger partial charge < -0.3 is 19.8 Å². The number of nitrogens with one attached hydrogen (secondary N) is 1. The quantitative estimate of drug-likeness (QED) is 0.242. The standard InChI is InChI=1S/C24H29N3O4/c1-3-17(4-2)5-11-23(25)22-16-26(18-6-8-19(9-7-18)27(29)30)24-12-10-20(15-21(22)24)31-14-13-28/h6-10,12,15-17,25,28H,3-5,11,13-14H2,1-2H3. The number of nitro groups is 1. The summed E-state index contributed by atoms with van der Waals surface area (Å²) in [6.45, 7) is 4.50. The highest BCUT2D eigenvalue weighted by Crippen LogP contribution is 2.31.